The van der Waals surface area contributed by atoms with E-state index in [9.17, 15) is 0 Å². The lowest BCUT2D eigenvalue weighted by molar-refractivity contribution is 0.321. The fourth-order valence-corrected chi connectivity index (χ4v) is 5.70. The second kappa shape index (κ2) is 12.4. The molecule has 0 unspecified atom stereocenters. The summed E-state index contributed by atoms with van der Waals surface area (Å²) in [5, 5.41) is 3.24. The van der Waals surface area contributed by atoms with Crippen molar-refractivity contribution in [1.82, 2.24) is 34.0 Å². The first kappa shape index (κ1) is 26.2. The number of ether oxygens (including phenoxy) is 1. The smallest absolute Gasteiger partial charge is 0.158 e. The van der Waals surface area contributed by atoms with Gasteiger partial charge in [-0.3, -0.25) is 0 Å². The van der Waals surface area contributed by atoms with Gasteiger partial charge in [0.05, 0.1) is 43.4 Å². The molecule has 0 aliphatic heterocycles. The number of nitrogens with zero attached hydrogens (tertiary/aromatic N) is 6. The van der Waals surface area contributed by atoms with Gasteiger partial charge in [0, 0.05) is 25.7 Å². The number of nitrogens with one attached hydrogen (secondary N) is 1. The van der Waals surface area contributed by atoms with Gasteiger partial charge < -0.3 is 23.8 Å². The van der Waals surface area contributed by atoms with Crippen LogP contribution < -0.4 is 10.1 Å². The molecule has 0 atom stereocenters. The van der Waals surface area contributed by atoms with Crippen molar-refractivity contribution in [3.05, 3.63) is 49.2 Å². The third-order valence-electron chi connectivity index (χ3n) is 7.89. The van der Waals surface area contributed by atoms with Crippen LogP contribution in [0.2, 0.25) is 0 Å². The lowest BCUT2D eigenvalue weighted by atomic mass is 9.89. The van der Waals surface area contributed by atoms with E-state index in [0.29, 0.717) is 5.92 Å². The van der Waals surface area contributed by atoms with Crippen LogP contribution >= 0.6 is 0 Å². The van der Waals surface area contributed by atoms with E-state index in [0.717, 1.165) is 66.1 Å². The summed E-state index contributed by atoms with van der Waals surface area (Å²) in [6.45, 7) is 2.99. The van der Waals surface area contributed by atoms with Crippen molar-refractivity contribution in [3.63, 3.8) is 0 Å². The summed E-state index contributed by atoms with van der Waals surface area (Å²) in [7, 11) is 5.80. The quantitative estimate of drug-likeness (QED) is 0.242. The molecule has 3 aromatic heterocycles. The highest BCUT2D eigenvalue weighted by atomic mass is 16.5. The number of aromatic nitrogens is 6. The van der Waals surface area contributed by atoms with Crippen LogP contribution in [0.4, 0.5) is 0 Å². The molecule has 4 aromatic rings. The van der Waals surface area contributed by atoms with Gasteiger partial charge in [-0.1, -0.05) is 25.7 Å². The topological polar surface area (TPSA) is 74.7 Å². The first-order valence-electron chi connectivity index (χ1n) is 14.1. The Kier molecular flexibility index (Phi) is 8.58. The van der Waals surface area contributed by atoms with Gasteiger partial charge in [-0.2, -0.15) is 0 Å². The summed E-state index contributed by atoms with van der Waals surface area (Å²) >= 11 is 0. The molecule has 5 rings (SSSR count). The number of methoxy groups -OCH3 is 1. The van der Waals surface area contributed by atoms with E-state index in [1.54, 1.807) is 7.11 Å². The molecule has 8 heteroatoms. The van der Waals surface area contributed by atoms with Gasteiger partial charge in [0.1, 0.15) is 17.3 Å². The molecule has 3 heterocycles. The van der Waals surface area contributed by atoms with Crippen molar-refractivity contribution in [2.75, 3.05) is 20.7 Å². The largest absolute Gasteiger partial charge is 0.497 e. The molecule has 1 fully saturated rings. The summed E-state index contributed by atoms with van der Waals surface area (Å²) in [6.07, 6.45) is 18.0. The standard InChI is InChI=1S/C30H41N7O/c1-31-16-8-5-9-17-36-22-32-18-28(36)30-34-20-27(37(30)21-23-10-6-4-7-11-23)26-19-33-29(35(26)2)24-12-14-25(38-3)15-13-24/h12-15,18-20,22-23,31H,4-11,16-17,21H2,1-3H3. The highest BCUT2D eigenvalue weighted by Gasteiger charge is 2.23. The molecule has 1 N–H and O–H groups in total. The van der Waals surface area contributed by atoms with Gasteiger partial charge in [-0.05, 0) is 69.5 Å². The van der Waals surface area contributed by atoms with Crippen LogP contribution in [0, 0.1) is 5.92 Å². The van der Waals surface area contributed by atoms with Crippen LogP contribution in [0.15, 0.2) is 49.2 Å². The molecular weight excluding hydrogens is 474 g/mol. The van der Waals surface area contributed by atoms with Crippen molar-refractivity contribution in [2.24, 2.45) is 13.0 Å². The molecule has 38 heavy (non-hydrogen) atoms. The summed E-state index contributed by atoms with van der Waals surface area (Å²) in [4.78, 5) is 14.3. The van der Waals surface area contributed by atoms with E-state index in [-0.39, 0.29) is 0 Å². The van der Waals surface area contributed by atoms with Crippen molar-refractivity contribution >= 4 is 0 Å². The minimum absolute atomic E-state index is 0.669. The van der Waals surface area contributed by atoms with Gasteiger partial charge in [0.25, 0.3) is 0 Å². The number of unbranched alkanes of at least 4 members (excludes halogenated alkanes) is 2. The molecule has 1 aromatic carbocycles. The summed E-state index contributed by atoms with van der Waals surface area (Å²) in [5.74, 6) is 3.45. The van der Waals surface area contributed by atoms with E-state index in [4.69, 9.17) is 14.7 Å². The molecule has 8 nitrogen and oxygen atoms in total. The number of imidazole rings is 3. The Hall–Kier alpha value is -3.39. The van der Waals surface area contributed by atoms with Crippen LogP contribution in [-0.4, -0.2) is 49.4 Å². The van der Waals surface area contributed by atoms with Crippen LogP contribution in [0.1, 0.15) is 51.4 Å². The average Bonchev–Trinajstić information content (AvgIpc) is 3.67. The molecule has 0 spiro atoms. The zero-order chi connectivity index (χ0) is 26.3. The van der Waals surface area contributed by atoms with Gasteiger partial charge in [0.15, 0.2) is 5.82 Å². The molecule has 1 aliphatic rings. The minimum atomic E-state index is 0.669. The third kappa shape index (κ3) is 5.70. The summed E-state index contributed by atoms with van der Waals surface area (Å²) in [6, 6.07) is 8.08. The molecular formula is C30H41N7O. The molecule has 202 valence electrons. The van der Waals surface area contributed by atoms with E-state index in [2.05, 4.69) is 43.2 Å². The summed E-state index contributed by atoms with van der Waals surface area (Å²) < 4.78 is 12.2. The van der Waals surface area contributed by atoms with Crippen LogP contribution in [0.25, 0.3) is 34.3 Å². The minimum Gasteiger partial charge on any atom is -0.497 e. The molecule has 1 aliphatic carbocycles. The third-order valence-corrected chi connectivity index (χ3v) is 7.89. The molecule has 1 saturated carbocycles. The van der Waals surface area contributed by atoms with E-state index < -0.39 is 0 Å². The Labute approximate surface area is 226 Å². The van der Waals surface area contributed by atoms with E-state index in [1.807, 2.05) is 44.1 Å². The molecule has 0 bridgehead atoms. The average molecular weight is 516 g/mol. The van der Waals surface area contributed by atoms with Crippen molar-refractivity contribution in [3.8, 4) is 40.0 Å². The SMILES string of the molecule is CNCCCCCn1cncc1-c1ncc(-c2cnc(-c3ccc(OC)cc3)n2C)n1CC1CCCCC1. The number of hydrogen-bond acceptors (Lipinski definition) is 5. The first-order valence-corrected chi connectivity index (χ1v) is 14.1. The monoisotopic (exact) mass is 515 g/mol. The number of benzene rings is 1. The molecule has 0 amide bonds. The maximum atomic E-state index is 5.34. The van der Waals surface area contributed by atoms with Gasteiger partial charge in [-0.15, -0.1) is 0 Å². The zero-order valence-corrected chi connectivity index (χ0v) is 23.1. The normalized spacial score (nSPS) is 14.3. The maximum absolute atomic E-state index is 5.34. The highest BCUT2D eigenvalue weighted by molar-refractivity contribution is 5.66. The zero-order valence-electron chi connectivity index (χ0n) is 23.1. The van der Waals surface area contributed by atoms with Crippen molar-refractivity contribution < 1.29 is 4.74 Å². The van der Waals surface area contributed by atoms with Crippen molar-refractivity contribution in [1.29, 1.82) is 0 Å². The number of aryl methyl sites for hydroxylation is 1. The lowest BCUT2D eigenvalue weighted by Crippen LogP contribution is -2.17. The molecule has 0 radical (unpaired) electrons. The predicted octanol–water partition coefficient (Wildman–Crippen LogP) is 5.79. The number of hydrogen-bond donors (Lipinski definition) is 1. The maximum Gasteiger partial charge on any atom is 0.158 e. The second-order valence-electron chi connectivity index (χ2n) is 10.5. The van der Waals surface area contributed by atoms with Gasteiger partial charge in [0.2, 0.25) is 0 Å². The Morgan fingerprint density at radius 3 is 2.42 bits per heavy atom. The Bertz CT molecular complexity index is 1290. The van der Waals surface area contributed by atoms with Crippen molar-refractivity contribution in [2.45, 2.75) is 64.5 Å². The van der Waals surface area contributed by atoms with Gasteiger partial charge >= 0.3 is 0 Å². The fourth-order valence-electron chi connectivity index (χ4n) is 5.70. The number of rotatable bonds is 12. The summed E-state index contributed by atoms with van der Waals surface area (Å²) in [5.41, 5.74) is 4.35. The lowest BCUT2D eigenvalue weighted by Gasteiger charge is -2.24. The van der Waals surface area contributed by atoms with E-state index >= 15 is 0 Å². The van der Waals surface area contributed by atoms with E-state index in [1.165, 1.54) is 44.9 Å². The van der Waals surface area contributed by atoms with Crippen LogP contribution in [-0.2, 0) is 20.1 Å². The molecule has 0 saturated heterocycles. The van der Waals surface area contributed by atoms with Crippen LogP contribution in [0.5, 0.6) is 5.75 Å². The fraction of sp³-hybridized carbons (Fsp3) is 0.500. The Morgan fingerprint density at radius 1 is 0.895 bits per heavy atom. The van der Waals surface area contributed by atoms with Crippen LogP contribution in [0.3, 0.4) is 0 Å². The first-order chi connectivity index (χ1) is 18.7. The highest BCUT2D eigenvalue weighted by Crippen LogP contribution is 2.33. The Morgan fingerprint density at radius 2 is 1.66 bits per heavy atom. The second-order valence-corrected chi connectivity index (χ2v) is 10.5. The van der Waals surface area contributed by atoms with Gasteiger partial charge in [-0.25, -0.2) is 15.0 Å². The predicted molar refractivity (Wildman–Crippen MR) is 152 cm³/mol. The Balaban J connectivity index is 1.47.